The Morgan fingerprint density at radius 3 is 2.88 bits per heavy atom. The highest BCUT2D eigenvalue weighted by Gasteiger charge is 2.25. The van der Waals surface area contributed by atoms with Crippen molar-refractivity contribution in [2.45, 2.75) is 13.0 Å². The van der Waals surface area contributed by atoms with Crippen LogP contribution in [0.1, 0.15) is 18.7 Å². The van der Waals surface area contributed by atoms with Gasteiger partial charge in [-0.15, -0.1) is 5.10 Å². The van der Waals surface area contributed by atoms with E-state index in [2.05, 4.69) is 20.6 Å². The van der Waals surface area contributed by atoms with E-state index in [1.54, 1.807) is 22.5 Å². The van der Waals surface area contributed by atoms with E-state index in [9.17, 15) is 10.1 Å². The Morgan fingerprint density at radius 1 is 1.32 bits per heavy atom. The van der Waals surface area contributed by atoms with Crippen molar-refractivity contribution >= 4 is 27.9 Å². The molecule has 10 heteroatoms. The Hall–Kier alpha value is -3.27. The zero-order chi connectivity index (χ0) is 17.4. The minimum atomic E-state index is -0.442. The van der Waals surface area contributed by atoms with E-state index in [0.29, 0.717) is 10.7 Å². The van der Waals surface area contributed by atoms with Gasteiger partial charge in [-0.3, -0.25) is 0 Å². The van der Waals surface area contributed by atoms with Crippen LogP contribution in [0.5, 0.6) is 0 Å². The molecule has 0 aliphatic carbocycles. The fourth-order valence-electron chi connectivity index (χ4n) is 2.51. The molecule has 126 valence electrons. The fraction of sp³-hybridized carbons (Fsp3) is 0.133. The van der Waals surface area contributed by atoms with Gasteiger partial charge < -0.3 is 15.4 Å². The molecule has 0 saturated carbocycles. The van der Waals surface area contributed by atoms with Gasteiger partial charge in [0.1, 0.15) is 11.9 Å². The van der Waals surface area contributed by atoms with Crippen molar-refractivity contribution in [1.82, 2.24) is 24.4 Å². The summed E-state index contributed by atoms with van der Waals surface area (Å²) in [6.45, 7) is 1.86. The molecule has 3 heterocycles. The molecule has 0 fully saturated rings. The second-order valence-corrected chi connectivity index (χ2v) is 6.26. The lowest BCUT2D eigenvalue weighted by atomic mass is 10.2. The lowest BCUT2D eigenvalue weighted by molar-refractivity contribution is -0.389. The third-order valence-corrected chi connectivity index (χ3v) is 4.50. The maximum absolute atomic E-state index is 11.4. The number of para-hydroxylation sites is 1. The van der Waals surface area contributed by atoms with E-state index >= 15 is 0 Å². The lowest BCUT2D eigenvalue weighted by Crippen LogP contribution is -2.09. The molecule has 1 aromatic carbocycles. The monoisotopic (exact) mass is 355 g/mol. The number of aromatic nitrogens is 5. The van der Waals surface area contributed by atoms with Gasteiger partial charge in [0.15, 0.2) is 0 Å². The zero-order valence-electron chi connectivity index (χ0n) is 13.1. The third-order valence-electron chi connectivity index (χ3n) is 3.74. The van der Waals surface area contributed by atoms with Crippen LogP contribution in [0.25, 0.3) is 10.6 Å². The summed E-state index contributed by atoms with van der Waals surface area (Å²) in [4.78, 5) is 15.8. The van der Waals surface area contributed by atoms with Crippen LogP contribution in [0.4, 0.5) is 11.6 Å². The molecule has 3 aromatic heterocycles. The maximum atomic E-state index is 11.4. The summed E-state index contributed by atoms with van der Waals surface area (Å²) >= 11 is 1.34. The molecule has 25 heavy (non-hydrogen) atoms. The second-order valence-electron chi connectivity index (χ2n) is 5.39. The van der Waals surface area contributed by atoms with E-state index < -0.39 is 4.92 Å². The Kier molecular flexibility index (Phi) is 3.65. The first-order valence-corrected chi connectivity index (χ1v) is 8.35. The highest BCUT2D eigenvalue weighted by atomic mass is 32.1. The molecule has 0 aliphatic rings. The number of hydrogen-bond acceptors (Lipinski definition) is 7. The van der Waals surface area contributed by atoms with E-state index in [1.807, 2.05) is 37.3 Å². The lowest BCUT2D eigenvalue weighted by Gasteiger charge is -2.09. The van der Waals surface area contributed by atoms with Crippen molar-refractivity contribution in [1.29, 1.82) is 0 Å². The third kappa shape index (κ3) is 2.72. The van der Waals surface area contributed by atoms with Gasteiger partial charge in [0.2, 0.25) is 5.82 Å². The molecular formula is C15H13N7O2S. The minimum Gasteiger partial charge on any atom is -0.358 e. The first-order chi connectivity index (χ1) is 12.1. The van der Waals surface area contributed by atoms with Gasteiger partial charge in [-0.1, -0.05) is 34.7 Å². The number of imidazole rings is 1. The number of nitrogens with one attached hydrogen (secondary N) is 1. The Labute approximate surface area is 145 Å². The smallest absolute Gasteiger partial charge is 0.358 e. The van der Waals surface area contributed by atoms with Gasteiger partial charge in [-0.2, -0.15) is 9.38 Å². The Bertz CT molecular complexity index is 1040. The molecular weight excluding hydrogens is 342 g/mol. The van der Waals surface area contributed by atoms with Crippen LogP contribution in [0.2, 0.25) is 0 Å². The molecule has 0 aliphatic heterocycles. The number of rotatable bonds is 5. The summed E-state index contributed by atoms with van der Waals surface area (Å²) in [7, 11) is 0. The van der Waals surface area contributed by atoms with Crippen LogP contribution in [0.15, 0.2) is 48.1 Å². The molecule has 1 atom stereocenters. The van der Waals surface area contributed by atoms with Crippen molar-refractivity contribution in [3.8, 4) is 5.69 Å². The average molecular weight is 355 g/mol. The van der Waals surface area contributed by atoms with E-state index in [0.717, 1.165) is 5.69 Å². The van der Waals surface area contributed by atoms with E-state index in [4.69, 9.17) is 0 Å². The average Bonchev–Trinajstić information content (AvgIpc) is 3.30. The quantitative estimate of drug-likeness (QED) is 0.436. The number of nitro groups is 1. The predicted molar refractivity (Wildman–Crippen MR) is 93.1 cm³/mol. The van der Waals surface area contributed by atoms with Gasteiger partial charge in [0.05, 0.1) is 17.9 Å². The molecule has 4 aromatic rings. The number of hydrogen-bond donors (Lipinski definition) is 1. The van der Waals surface area contributed by atoms with Gasteiger partial charge >= 0.3 is 5.82 Å². The van der Waals surface area contributed by atoms with Crippen molar-refractivity contribution in [2.24, 2.45) is 0 Å². The number of fused-ring (bicyclic) bond motifs is 1. The standard InChI is InChI=1S/C15H13N7O2S/c1-10(12-9-21(19-18-12)11-5-3-2-4-6-11)16-13-14(22(23)24)20-7-8-25-15(20)17-13/h2-10,16H,1H3. The predicted octanol–water partition coefficient (Wildman–Crippen LogP) is 3.06. The number of nitrogens with zero attached hydrogens (tertiary/aromatic N) is 6. The Morgan fingerprint density at radius 2 is 2.12 bits per heavy atom. The Balaban J connectivity index is 1.62. The van der Waals surface area contributed by atoms with Crippen molar-refractivity contribution < 1.29 is 4.92 Å². The second kappa shape index (κ2) is 5.98. The van der Waals surface area contributed by atoms with Gasteiger partial charge in [0.25, 0.3) is 4.96 Å². The van der Waals surface area contributed by atoms with Crippen molar-refractivity contribution in [2.75, 3.05) is 5.32 Å². The highest BCUT2D eigenvalue weighted by molar-refractivity contribution is 7.15. The molecule has 0 amide bonds. The zero-order valence-corrected chi connectivity index (χ0v) is 13.9. The minimum absolute atomic E-state index is 0.0847. The summed E-state index contributed by atoms with van der Waals surface area (Å²) in [6, 6.07) is 9.31. The molecule has 1 unspecified atom stereocenters. The highest BCUT2D eigenvalue weighted by Crippen LogP contribution is 2.30. The number of thiazole rings is 1. The maximum Gasteiger partial charge on any atom is 0.372 e. The summed E-state index contributed by atoms with van der Waals surface area (Å²) in [6.07, 6.45) is 3.42. The first kappa shape index (κ1) is 15.3. The van der Waals surface area contributed by atoms with Crippen molar-refractivity contribution in [3.63, 3.8) is 0 Å². The van der Waals surface area contributed by atoms with Gasteiger partial charge in [-0.25, -0.2) is 4.68 Å². The fourth-order valence-corrected chi connectivity index (χ4v) is 3.22. The van der Waals surface area contributed by atoms with Crippen LogP contribution in [-0.2, 0) is 0 Å². The van der Waals surface area contributed by atoms with Crippen LogP contribution < -0.4 is 5.32 Å². The van der Waals surface area contributed by atoms with Crippen LogP contribution in [0.3, 0.4) is 0 Å². The molecule has 0 saturated heterocycles. The summed E-state index contributed by atoms with van der Waals surface area (Å²) < 4.78 is 3.12. The molecule has 9 nitrogen and oxygen atoms in total. The molecule has 0 bridgehead atoms. The largest absolute Gasteiger partial charge is 0.372 e. The molecule has 0 radical (unpaired) electrons. The molecule has 0 spiro atoms. The summed E-state index contributed by atoms with van der Waals surface area (Å²) in [5, 5.41) is 24.5. The van der Waals surface area contributed by atoms with E-state index in [-0.39, 0.29) is 17.7 Å². The number of benzene rings is 1. The van der Waals surface area contributed by atoms with Crippen LogP contribution in [-0.4, -0.2) is 29.3 Å². The normalized spacial score (nSPS) is 12.4. The molecule has 1 N–H and O–H groups in total. The summed E-state index contributed by atoms with van der Waals surface area (Å²) in [5.74, 6) is 0.136. The molecule has 4 rings (SSSR count). The summed E-state index contributed by atoms with van der Waals surface area (Å²) in [5.41, 5.74) is 1.55. The van der Waals surface area contributed by atoms with Crippen molar-refractivity contribution in [3.05, 3.63) is 63.9 Å². The van der Waals surface area contributed by atoms with Gasteiger partial charge in [-0.05, 0) is 24.0 Å². The topological polar surface area (TPSA) is 103 Å². The van der Waals surface area contributed by atoms with Crippen LogP contribution in [0, 0.1) is 10.1 Å². The van der Waals surface area contributed by atoms with Gasteiger partial charge in [0, 0.05) is 5.38 Å². The first-order valence-electron chi connectivity index (χ1n) is 7.47. The van der Waals surface area contributed by atoms with Crippen LogP contribution >= 0.6 is 11.3 Å². The van der Waals surface area contributed by atoms with E-state index in [1.165, 1.54) is 15.7 Å². The SMILES string of the molecule is CC(Nc1nc2sccn2c1[N+](=O)[O-])c1cn(-c2ccccc2)nn1. The number of anilines is 1.